The fourth-order valence-electron chi connectivity index (χ4n) is 3.14. The van der Waals surface area contributed by atoms with Gasteiger partial charge >= 0.3 is 5.97 Å². The van der Waals surface area contributed by atoms with E-state index in [1.807, 2.05) is 13.0 Å². The highest BCUT2D eigenvalue weighted by atomic mass is 16.4. The number of aryl methyl sites for hydroxylation is 1. The maximum Gasteiger partial charge on any atom is 0.303 e. The summed E-state index contributed by atoms with van der Waals surface area (Å²) in [6.07, 6.45) is 4.27. The van der Waals surface area contributed by atoms with Gasteiger partial charge in [0, 0.05) is 25.1 Å². The average molecular weight is 346 g/mol. The van der Waals surface area contributed by atoms with Gasteiger partial charge in [0.05, 0.1) is 0 Å². The second-order valence-corrected chi connectivity index (χ2v) is 6.43. The second kappa shape index (κ2) is 9.20. The molecule has 0 radical (unpaired) electrons. The minimum Gasteiger partial charge on any atom is -0.481 e. The van der Waals surface area contributed by atoms with Gasteiger partial charge < -0.3 is 15.3 Å². The van der Waals surface area contributed by atoms with E-state index in [0.717, 1.165) is 24.8 Å². The molecule has 1 heterocycles. The van der Waals surface area contributed by atoms with Crippen LogP contribution < -0.4 is 5.32 Å². The van der Waals surface area contributed by atoms with E-state index in [9.17, 15) is 14.4 Å². The zero-order chi connectivity index (χ0) is 18.2. The smallest absolute Gasteiger partial charge is 0.303 e. The molecule has 1 saturated heterocycles. The number of amides is 2. The van der Waals surface area contributed by atoms with Crippen LogP contribution in [0, 0.1) is 0 Å². The van der Waals surface area contributed by atoms with Gasteiger partial charge in [0.15, 0.2) is 0 Å². The van der Waals surface area contributed by atoms with E-state index in [-0.39, 0.29) is 18.2 Å². The molecule has 2 rings (SSSR count). The largest absolute Gasteiger partial charge is 0.481 e. The van der Waals surface area contributed by atoms with Gasteiger partial charge in [-0.05, 0) is 49.8 Å². The Morgan fingerprint density at radius 2 is 2.04 bits per heavy atom. The molecule has 1 aliphatic heterocycles. The van der Waals surface area contributed by atoms with Crippen LogP contribution in [0.2, 0.25) is 0 Å². The third kappa shape index (κ3) is 5.59. The van der Waals surface area contributed by atoms with Gasteiger partial charge in [-0.2, -0.15) is 0 Å². The fourth-order valence-corrected chi connectivity index (χ4v) is 3.14. The van der Waals surface area contributed by atoms with E-state index in [4.69, 9.17) is 5.11 Å². The number of carboxylic acid groups (broad SMARTS) is 1. The number of benzene rings is 1. The topological polar surface area (TPSA) is 86.7 Å². The van der Waals surface area contributed by atoms with E-state index < -0.39 is 12.0 Å². The third-order valence-corrected chi connectivity index (χ3v) is 4.41. The molecule has 2 amide bonds. The summed E-state index contributed by atoms with van der Waals surface area (Å²) >= 11 is 0. The molecule has 2 N–H and O–H groups in total. The first-order valence-electron chi connectivity index (χ1n) is 8.92. The Bertz CT molecular complexity index is 630. The van der Waals surface area contributed by atoms with Gasteiger partial charge in [-0.15, -0.1) is 0 Å². The molecule has 1 atom stereocenters. The van der Waals surface area contributed by atoms with Gasteiger partial charge in [0.2, 0.25) is 11.8 Å². The first-order valence-corrected chi connectivity index (χ1v) is 8.92. The molecule has 0 aliphatic carbocycles. The number of hydrogen-bond donors (Lipinski definition) is 2. The highest BCUT2D eigenvalue weighted by Crippen LogP contribution is 2.21. The molecule has 6 nitrogen and oxygen atoms in total. The van der Waals surface area contributed by atoms with Gasteiger partial charge in [-0.3, -0.25) is 14.4 Å². The maximum atomic E-state index is 12.7. The van der Waals surface area contributed by atoms with Crippen molar-refractivity contribution in [2.24, 2.45) is 0 Å². The Morgan fingerprint density at radius 1 is 1.24 bits per heavy atom. The lowest BCUT2D eigenvalue weighted by Crippen LogP contribution is -2.49. The minimum atomic E-state index is -0.846. The minimum absolute atomic E-state index is 0.0394. The molecule has 0 aromatic heterocycles. The number of carboxylic acids is 1. The molecule has 1 aromatic carbocycles. The van der Waals surface area contributed by atoms with Crippen molar-refractivity contribution in [3.05, 3.63) is 29.8 Å². The molecule has 136 valence electrons. The summed E-state index contributed by atoms with van der Waals surface area (Å²) < 4.78 is 0. The first-order chi connectivity index (χ1) is 12.0. The van der Waals surface area contributed by atoms with Crippen molar-refractivity contribution in [3.63, 3.8) is 0 Å². The Kier molecular flexibility index (Phi) is 6.98. The summed E-state index contributed by atoms with van der Waals surface area (Å²) in [4.78, 5) is 37.3. The number of nitrogens with zero attached hydrogens (tertiary/aromatic N) is 1. The Morgan fingerprint density at radius 3 is 2.76 bits per heavy atom. The number of piperidine rings is 1. The lowest BCUT2D eigenvalue weighted by atomic mass is 10.0. The van der Waals surface area contributed by atoms with Crippen LogP contribution in [-0.4, -0.2) is 40.4 Å². The summed E-state index contributed by atoms with van der Waals surface area (Å²) in [5, 5.41) is 11.7. The molecular weight excluding hydrogens is 320 g/mol. The van der Waals surface area contributed by atoms with Crippen molar-refractivity contribution in [1.82, 2.24) is 4.90 Å². The zero-order valence-electron chi connectivity index (χ0n) is 14.7. The van der Waals surface area contributed by atoms with E-state index in [1.54, 1.807) is 23.1 Å². The van der Waals surface area contributed by atoms with Crippen molar-refractivity contribution in [2.45, 2.75) is 57.9 Å². The highest BCUT2D eigenvalue weighted by Gasteiger charge is 2.31. The van der Waals surface area contributed by atoms with E-state index >= 15 is 0 Å². The van der Waals surface area contributed by atoms with E-state index in [0.29, 0.717) is 31.5 Å². The molecule has 0 spiro atoms. The molecule has 1 fully saturated rings. The molecular formula is C19H26N2O4. The van der Waals surface area contributed by atoms with Crippen molar-refractivity contribution in [1.29, 1.82) is 0 Å². The van der Waals surface area contributed by atoms with Crippen LogP contribution in [-0.2, 0) is 20.8 Å². The van der Waals surface area contributed by atoms with Crippen LogP contribution in [0.5, 0.6) is 0 Å². The summed E-state index contributed by atoms with van der Waals surface area (Å²) in [5.74, 6) is -0.973. The van der Waals surface area contributed by atoms with Crippen LogP contribution in [0.25, 0.3) is 0 Å². The van der Waals surface area contributed by atoms with Gasteiger partial charge in [-0.25, -0.2) is 0 Å². The molecule has 0 saturated carbocycles. The highest BCUT2D eigenvalue weighted by molar-refractivity contribution is 5.97. The summed E-state index contributed by atoms with van der Waals surface area (Å²) in [6.45, 7) is 2.59. The molecule has 0 bridgehead atoms. The number of anilines is 1. The quantitative estimate of drug-likeness (QED) is 0.795. The average Bonchev–Trinajstić information content (AvgIpc) is 2.60. The predicted molar refractivity (Wildman–Crippen MR) is 95.3 cm³/mol. The fraction of sp³-hybridized carbons (Fsp3) is 0.526. The Labute approximate surface area is 148 Å². The van der Waals surface area contributed by atoms with Gasteiger partial charge in [0.25, 0.3) is 0 Å². The normalized spacial score (nSPS) is 17.2. The lowest BCUT2D eigenvalue weighted by molar-refractivity contribution is -0.140. The van der Waals surface area contributed by atoms with Crippen LogP contribution in [0.3, 0.4) is 0 Å². The number of aliphatic carboxylic acids is 1. The van der Waals surface area contributed by atoms with Gasteiger partial charge in [-0.1, -0.05) is 19.1 Å². The monoisotopic (exact) mass is 346 g/mol. The second-order valence-electron chi connectivity index (χ2n) is 6.43. The van der Waals surface area contributed by atoms with E-state index in [2.05, 4.69) is 5.32 Å². The number of nitrogens with one attached hydrogen (secondary N) is 1. The predicted octanol–water partition coefficient (Wildman–Crippen LogP) is 2.82. The van der Waals surface area contributed by atoms with Crippen molar-refractivity contribution < 1.29 is 19.5 Å². The Hall–Kier alpha value is -2.37. The van der Waals surface area contributed by atoms with Crippen LogP contribution >= 0.6 is 0 Å². The number of rotatable bonds is 7. The molecule has 6 heteroatoms. The summed E-state index contributed by atoms with van der Waals surface area (Å²) in [6, 6.07) is 6.80. The van der Waals surface area contributed by atoms with Crippen molar-refractivity contribution >= 4 is 23.5 Å². The molecule has 1 aromatic rings. The molecule has 1 unspecified atom stereocenters. The summed E-state index contributed by atoms with van der Waals surface area (Å²) in [5.41, 5.74) is 1.50. The van der Waals surface area contributed by atoms with E-state index in [1.165, 1.54) is 0 Å². The number of carbonyl (C=O) groups is 3. The number of hydrogen-bond acceptors (Lipinski definition) is 3. The Balaban J connectivity index is 2.03. The van der Waals surface area contributed by atoms with Gasteiger partial charge in [0.1, 0.15) is 6.04 Å². The maximum absolute atomic E-state index is 12.7. The van der Waals surface area contributed by atoms with Crippen LogP contribution in [0.1, 0.15) is 51.0 Å². The SMILES string of the molecule is CCCC(=O)N1CCCCC1C(=O)Nc1cccc(CCC(=O)O)c1. The zero-order valence-corrected chi connectivity index (χ0v) is 14.7. The first kappa shape index (κ1) is 19.0. The van der Waals surface area contributed by atoms with Crippen LogP contribution in [0.15, 0.2) is 24.3 Å². The van der Waals surface area contributed by atoms with Crippen molar-refractivity contribution in [3.8, 4) is 0 Å². The summed E-state index contributed by atoms with van der Waals surface area (Å²) in [7, 11) is 0. The molecule has 1 aliphatic rings. The third-order valence-electron chi connectivity index (χ3n) is 4.41. The number of likely N-dealkylation sites (tertiary alicyclic amines) is 1. The lowest BCUT2D eigenvalue weighted by Gasteiger charge is -2.34. The molecule has 25 heavy (non-hydrogen) atoms. The van der Waals surface area contributed by atoms with Crippen molar-refractivity contribution in [2.75, 3.05) is 11.9 Å². The van der Waals surface area contributed by atoms with Crippen LogP contribution in [0.4, 0.5) is 5.69 Å². The number of carbonyl (C=O) groups excluding carboxylic acids is 2. The standard InChI is InChI=1S/C19H26N2O4/c1-2-6-17(22)21-12-4-3-9-16(21)19(25)20-15-8-5-7-14(13-15)10-11-18(23)24/h5,7-8,13,16H,2-4,6,9-12H2,1H3,(H,20,25)(H,23,24).